The predicted molar refractivity (Wildman–Crippen MR) is 90.7 cm³/mol. The second-order valence-electron chi connectivity index (χ2n) is 5.69. The van der Waals surface area contributed by atoms with Crippen molar-refractivity contribution in [2.45, 2.75) is 60.3 Å². The van der Waals surface area contributed by atoms with Crippen LogP contribution in [0.1, 0.15) is 57.6 Å². The molecule has 0 atom stereocenters. The molecule has 20 heavy (non-hydrogen) atoms. The Balaban J connectivity index is 2.92. The highest BCUT2D eigenvalue weighted by atomic mass is 15.4. The van der Waals surface area contributed by atoms with Gasteiger partial charge in [-0.15, -0.1) is 0 Å². The molecule has 0 spiro atoms. The SMILES string of the molecule is C/C=N\N(CC(CCC)CCC)c1ccc(C)cc1C. The average molecular weight is 274 g/mol. The van der Waals surface area contributed by atoms with E-state index in [0.29, 0.717) is 0 Å². The molecule has 0 aromatic heterocycles. The molecule has 0 fully saturated rings. The van der Waals surface area contributed by atoms with E-state index in [9.17, 15) is 0 Å². The van der Waals surface area contributed by atoms with Crippen LogP contribution in [0.15, 0.2) is 23.3 Å². The van der Waals surface area contributed by atoms with E-state index >= 15 is 0 Å². The summed E-state index contributed by atoms with van der Waals surface area (Å²) in [7, 11) is 0. The molecular weight excluding hydrogens is 244 g/mol. The summed E-state index contributed by atoms with van der Waals surface area (Å²) in [5.74, 6) is 0.731. The first kappa shape index (κ1) is 16.7. The zero-order valence-corrected chi connectivity index (χ0v) is 13.8. The van der Waals surface area contributed by atoms with E-state index in [1.165, 1.54) is 42.5 Å². The molecule has 1 rings (SSSR count). The number of anilines is 1. The third kappa shape index (κ3) is 4.99. The van der Waals surface area contributed by atoms with Crippen LogP contribution in [0, 0.1) is 19.8 Å². The second kappa shape index (κ2) is 8.78. The summed E-state index contributed by atoms with van der Waals surface area (Å²) in [5, 5.41) is 6.78. The molecule has 0 radical (unpaired) electrons. The summed E-state index contributed by atoms with van der Waals surface area (Å²) in [6.45, 7) is 11.9. The minimum Gasteiger partial charge on any atom is -0.265 e. The molecule has 112 valence electrons. The van der Waals surface area contributed by atoms with Crippen molar-refractivity contribution >= 4 is 11.9 Å². The van der Waals surface area contributed by atoms with E-state index in [-0.39, 0.29) is 0 Å². The lowest BCUT2D eigenvalue weighted by molar-refractivity contribution is 0.438. The van der Waals surface area contributed by atoms with Crippen LogP contribution in [-0.2, 0) is 0 Å². The monoisotopic (exact) mass is 274 g/mol. The highest BCUT2D eigenvalue weighted by molar-refractivity contribution is 5.60. The van der Waals surface area contributed by atoms with Crippen molar-refractivity contribution in [1.82, 2.24) is 0 Å². The number of nitrogens with zero attached hydrogens (tertiary/aromatic N) is 2. The minimum absolute atomic E-state index is 0.731. The number of rotatable bonds is 8. The van der Waals surface area contributed by atoms with Gasteiger partial charge in [-0.2, -0.15) is 5.10 Å². The van der Waals surface area contributed by atoms with Crippen molar-refractivity contribution in [2.75, 3.05) is 11.6 Å². The van der Waals surface area contributed by atoms with Crippen LogP contribution < -0.4 is 5.01 Å². The fraction of sp³-hybridized carbons (Fsp3) is 0.611. The number of hydrogen-bond acceptors (Lipinski definition) is 2. The van der Waals surface area contributed by atoms with Gasteiger partial charge in [0.2, 0.25) is 0 Å². The summed E-state index contributed by atoms with van der Waals surface area (Å²) in [6.07, 6.45) is 6.97. The smallest absolute Gasteiger partial charge is 0.0623 e. The van der Waals surface area contributed by atoms with Gasteiger partial charge in [0, 0.05) is 12.8 Å². The maximum absolute atomic E-state index is 4.60. The topological polar surface area (TPSA) is 15.6 Å². The van der Waals surface area contributed by atoms with E-state index < -0.39 is 0 Å². The van der Waals surface area contributed by atoms with Gasteiger partial charge in [0.1, 0.15) is 0 Å². The molecule has 0 heterocycles. The van der Waals surface area contributed by atoms with E-state index in [1.807, 2.05) is 13.1 Å². The Hall–Kier alpha value is -1.31. The van der Waals surface area contributed by atoms with Crippen LogP contribution in [0.4, 0.5) is 5.69 Å². The first-order chi connectivity index (χ1) is 9.62. The van der Waals surface area contributed by atoms with Gasteiger partial charge in [0.15, 0.2) is 0 Å². The molecule has 1 aromatic rings. The van der Waals surface area contributed by atoms with Crippen molar-refractivity contribution in [1.29, 1.82) is 0 Å². The molecule has 0 unspecified atom stereocenters. The van der Waals surface area contributed by atoms with Gasteiger partial charge < -0.3 is 0 Å². The standard InChI is InChI=1S/C18H30N2/c1-6-9-17(10-7-2)14-20(19-8-3)18-12-11-15(4)13-16(18)5/h8,11-13,17H,6-7,9-10,14H2,1-5H3/b19-8-. The van der Waals surface area contributed by atoms with Crippen LogP contribution in [0.5, 0.6) is 0 Å². The average Bonchev–Trinajstić information content (AvgIpc) is 2.39. The van der Waals surface area contributed by atoms with Crippen molar-refractivity contribution in [3.05, 3.63) is 29.3 Å². The van der Waals surface area contributed by atoms with Crippen LogP contribution in [0.25, 0.3) is 0 Å². The fourth-order valence-electron chi connectivity index (χ4n) is 2.83. The Morgan fingerprint density at radius 2 is 1.80 bits per heavy atom. The van der Waals surface area contributed by atoms with E-state index in [0.717, 1.165) is 12.5 Å². The molecule has 2 nitrogen and oxygen atoms in total. The summed E-state index contributed by atoms with van der Waals surface area (Å²) in [6, 6.07) is 6.62. The summed E-state index contributed by atoms with van der Waals surface area (Å²) >= 11 is 0. The zero-order chi connectivity index (χ0) is 15.0. The Morgan fingerprint density at radius 1 is 1.15 bits per heavy atom. The summed E-state index contributed by atoms with van der Waals surface area (Å²) in [5.41, 5.74) is 3.86. The minimum atomic E-state index is 0.731. The lowest BCUT2D eigenvalue weighted by Crippen LogP contribution is -2.25. The van der Waals surface area contributed by atoms with Gasteiger partial charge in [0.25, 0.3) is 0 Å². The van der Waals surface area contributed by atoms with Gasteiger partial charge in [-0.3, -0.25) is 5.01 Å². The molecule has 0 amide bonds. The van der Waals surface area contributed by atoms with E-state index in [1.54, 1.807) is 0 Å². The zero-order valence-electron chi connectivity index (χ0n) is 13.8. The largest absolute Gasteiger partial charge is 0.265 e. The van der Waals surface area contributed by atoms with Crippen LogP contribution in [-0.4, -0.2) is 12.8 Å². The molecule has 1 aromatic carbocycles. The number of hydrogen-bond donors (Lipinski definition) is 0. The molecule has 0 saturated carbocycles. The van der Waals surface area contributed by atoms with Crippen LogP contribution >= 0.6 is 0 Å². The normalized spacial score (nSPS) is 11.5. The maximum Gasteiger partial charge on any atom is 0.0623 e. The Morgan fingerprint density at radius 3 is 2.30 bits per heavy atom. The van der Waals surface area contributed by atoms with Gasteiger partial charge in [-0.05, 0) is 51.2 Å². The van der Waals surface area contributed by atoms with E-state index in [2.05, 4.69) is 56.0 Å². The third-order valence-corrected chi connectivity index (χ3v) is 3.71. The molecule has 2 heteroatoms. The maximum atomic E-state index is 4.60. The number of aryl methyl sites for hydroxylation is 2. The highest BCUT2D eigenvalue weighted by Gasteiger charge is 2.14. The number of benzene rings is 1. The summed E-state index contributed by atoms with van der Waals surface area (Å²) < 4.78 is 0. The quantitative estimate of drug-likeness (QED) is 0.462. The molecule has 0 saturated heterocycles. The summed E-state index contributed by atoms with van der Waals surface area (Å²) in [4.78, 5) is 0. The molecule has 0 aliphatic carbocycles. The lowest BCUT2D eigenvalue weighted by atomic mass is 9.97. The molecule has 0 bridgehead atoms. The molecule has 0 aliphatic rings. The van der Waals surface area contributed by atoms with Gasteiger partial charge >= 0.3 is 0 Å². The van der Waals surface area contributed by atoms with E-state index in [4.69, 9.17) is 0 Å². The van der Waals surface area contributed by atoms with Crippen molar-refractivity contribution in [3.63, 3.8) is 0 Å². The number of hydrazone groups is 1. The van der Waals surface area contributed by atoms with Gasteiger partial charge in [0.05, 0.1) is 5.69 Å². The predicted octanol–water partition coefficient (Wildman–Crippen LogP) is 5.33. The lowest BCUT2D eigenvalue weighted by Gasteiger charge is -2.26. The van der Waals surface area contributed by atoms with Crippen LogP contribution in [0.3, 0.4) is 0 Å². The van der Waals surface area contributed by atoms with Crippen molar-refractivity contribution in [3.8, 4) is 0 Å². The highest BCUT2D eigenvalue weighted by Crippen LogP contribution is 2.25. The first-order valence-corrected chi connectivity index (χ1v) is 7.95. The Bertz CT molecular complexity index is 417. The Kier molecular flexibility index (Phi) is 7.35. The first-order valence-electron chi connectivity index (χ1n) is 7.95. The second-order valence-corrected chi connectivity index (χ2v) is 5.69. The molecular formula is C18H30N2. The van der Waals surface area contributed by atoms with Crippen molar-refractivity contribution < 1.29 is 0 Å². The third-order valence-electron chi connectivity index (χ3n) is 3.71. The molecule has 0 aliphatic heterocycles. The van der Waals surface area contributed by atoms with Crippen molar-refractivity contribution in [2.24, 2.45) is 11.0 Å². The molecule has 0 N–H and O–H groups in total. The Labute approximate surface area is 124 Å². The van der Waals surface area contributed by atoms with Gasteiger partial charge in [-0.25, -0.2) is 0 Å². The fourth-order valence-corrected chi connectivity index (χ4v) is 2.83. The van der Waals surface area contributed by atoms with Crippen LogP contribution in [0.2, 0.25) is 0 Å². The van der Waals surface area contributed by atoms with Gasteiger partial charge in [-0.1, -0.05) is 44.4 Å².